The molecule has 1 aromatic heterocycles. The minimum atomic E-state index is -0.636. The highest BCUT2D eigenvalue weighted by Gasteiger charge is 2.24. The third kappa shape index (κ3) is 3.94. The zero-order valence-electron chi connectivity index (χ0n) is 13.0. The normalized spacial score (nSPS) is 17.4. The molecule has 1 unspecified atom stereocenters. The molecule has 8 heteroatoms. The molecule has 8 nitrogen and oxygen atoms in total. The van der Waals surface area contributed by atoms with Gasteiger partial charge in [0.1, 0.15) is 11.6 Å². The molecule has 2 heterocycles. The van der Waals surface area contributed by atoms with Crippen LogP contribution < -0.4 is 5.32 Å². The molecule has 0 aromatic carbocycles. The molecule has 1 N–H and O–H groups in total. The van der Waals surface area contributed by atoms with Crippen molar-refractivity contribution in [1.29, 1.82) is 5.26 Å². The highest BCUT2D eigenvalue weighted by Crippen LogP contribution is 2.25. The van der Waals surface area contributed by atoms with Crippen LogP contribution in [0.3, 0.4) is 0 Å². The van der Waals surface area contributed by atoms with E-state index in [1.54, 1.807) is 6.07 Å². The quantitative estimate of drug-likeness (QED) is 0.657. The van der Waals surface area contributed by atoms with E-state index in [0.29, 0.717) is 0 Å². The van der Waals surface area contributed by atoms with E-state index in [1.807, 2.05) is 11.8 Å². The maximum atomic E-state index is 12.2. The Morgan fingerprint density at radius 3 is 3.04 bits per heavy atom. The van der Waals surface area contributed by atoms with Crippen LogP contribution in [0.2, 0.25) is 0 Å². The summed E-state index contributed by atoms with van der Waals surface area (Å²) in [4.78, 5) is 28.4. The molecular formula is C15H19N5O3. The fourth-order valence-corrected chi connectivity index (χ4v) is 2.76. The van der Waals surface area contributed by atoms with Gasteiger partial charge in [-0.1, -0.05) is 0 Å². The molecule has 1 aliphatic heterocycles. The molecule has 0 spiro atoms. The SMILES string of the molecule is CC1CCCCN1C(=O)CCNc1nccc(C#N)c1[N+](=O)[O-]. The van der Waals surface area contributed by atoms with E-state index < -0.39 is 4.92 Å². The fraction of sp³-hybridized carbons (Fsp3) is 0.533. The van der Waals surface area contributed by atoms with Crippen molar-refractivity contribution in [3.63, 3.8) is 0 Å². The number of nitrogens with one attached hydrogen (secondary N) is 1. The minimum Gasteiger partial charge on any atom is -0.364 e. The van der Waals surface area contributed by atoms with Crippen LogP contribution in [0.1, 0.15) is 38.2 Å². The number of nitrogens with zero attached hydrogens (tertiary/aromatic N) is 4. The van der Waals surface area contributed by atoms with Gasteiger partial charge in [0.25, 0.3) is 0 Å². The summed E-state index contributed by atoms with van der Waals surface area (Å²) in [5, 5.41) is 22.8. The topological polar surface area (TPSA) is 112 Å². The number of nitro groups is 1. The maximum absolute atomic E-state index is 12.2. The predicted octanol–water partition coefficient (Wildman–Crippen LogP) is 2.06. The number of hydrogen-bond donors (Lipinski definition) is 1. The lowest BCUT2D eigenvalue weighted by Gasteiger charge is -2.33. The highest BCUT2D eigenvalue weighted by atomic mass is 16.6. The second-order valence-electron chi connectivity index (χ2n) is 5.53. The van der Waals surface area contributed by atoms with E-state index in [9.17, 15) is 14.9 Å². The van der Waals surface area contributed by atoms with Crippen molar-refractivity contribution in [2.24, 2.45) is 0 Å². The number of aromatic nitrogens is 1. The van der Waals surface area contributed by atoms with E-state index >= 15 is 0 Å². The van der Waals surface area contributed by atoms with Gasteiger partial charge in [-0.3, -0.25) is 14.9 Å². The first-order valence-electron chi connectivity index (χ1n) is 7.61. The number of hydrogen-bond acceptors (Lipinski definition) is 6. The Bertz CT molecular complexity index is 640. The first-order valence-corrected chi connectivity index (χ1v) is 7.61. The fourth-order valence-electron chi connectivity index (χ4n) is 2.76. The monoisotopic (exact) mass is 317 g/mol. The molecule has 1 atom stereocenters. The van der Waals surface area contributed by atoms with E-state index in [-0.39, 0.29) is 42.0 Å². The first-order chi connectivity index (χ1) is 11.0. The third-order valence-electron chi connectivity index (χ3n) is 3.98. The summed E-state index contributed by atoms with van der Waals surface area (Å²) >= 11 is 0. The summed E-state index contributed by atoms with van der Waals surface area (Å²) < 4.78 is 0. The number of piperidine rings is 1. The smallest absolute Gasteiger partial charge is 0.328 e. The number of nitriles is 1. The molecule has 23 heavy (non-hydrogen) atoms. The van der Waals surface area contributed by atoms with Crippen molar-refractivity contribution in [1.82, 2.24) is 9.88 Å². The molecule has 1 fully saturated rings. The Hall–Kier alpha value is -2.69. The molecule has 2 rings (SSSR count). The average molecular weight is 317 g/mol. The van der Waals surface area contributed by atoms with Crippen LogP contribution in [-0.4, -0.2) is 39.8 Å². The molecule has 1 aromatic rings. The molecular weight excluding hydrogens is 298 g/mol. The third-order valence-corrected chi connectivity index (χ3v) is 3.98. The largest absolute Gasteiger partial charge is 0.364 e. The lowest BCUT2D eigenvalue weighted by Crippen LogP contribution is -2.42. The first kappa shape index (κ1) is 16.7. The number of pyridine rings is 1. The van der Waals surface area contributed by atoms with Crippen molar-refractivity contribution in [3.05, 3.63) is 27.9 Å². The molecule has 0 saturated carbocycles. The zero-order valence-corrected chi connectivity index (χ0v) is 13.0. The van der Waals surface area contributed by atoms with Crippen LogP contribution in [-0.2, 0) is 4.79 Å². The van der Waals surface area contributed by atoms with Crippen molar-refractivity contribution in [2.45, 2.75) is 38.6 Å². The molecule has 1 amide bonds. The van der Waals surface area contributed by atoms with Crippen LogP contribution in [0.15, 0.2) is 12.3 Å². The second kappa shape index (κ2) is 7.54. The Labute approximate surface area is 134 Å². The van der Waals surface area contributed by atoms with Gasteiger partial charge in [0.05, 0.1) is 4.92 Å². The van der Waals surface area contributed by atoms with E-state index in [0.717, 1.165) is 25.8 Å². The van der Waals surface area contributed by atoms with Gasteiger partial charge in [-0.2, -0.15) is 5.26 Å². The van der Waals surface area contributed by atoms with Gasteiger partial charge in [0.15, 0.2) is 0 Å². The van der Waals surface area contributed by atoms with E-state index in [2.05, 4.69) is 10.3 Å². The van der Waals surface area contributed by atoms with Crippen molar-refractivity contribution < 1.29 is 9.72 Å². The van der Waals surface area contributed by atoms with Crippen LogP contribution >= 0.6 is 0 Å². The lowest BCUT2D eigenvalue weighted by atomic mass is 10.0. The van der Waals surface area contributed by atoms with Gasteiger partial charge < -0.3 is 10.2 Å². The molecule has 0 radical (unpaired) electrons. The van der Waals surface area contributed by atoms with Crippen LogP contribution in [0.4, 0.5) is 11.5 Å². The summed E-state index contributed by atoms with van der Waals surface area (Å²) in [5.41, 5.74) is -0.405. The number of rotatable bonds is 5. The lowest BCUT2D eigenvalue weighted by molar-refractivity contribution is -0.384. The number of carbonyl (C=O) groups excluding carboxylic acids is 1. The summed E-state index contributed by atoms with van der Waals surface area (Å²) in [6, 6.07) is 3.31. The van der Waals surface area contributed by atoms with E-state index in [1.165, 1.54) is 12.3 Å². The Morgan fingerprint density at radius 2 is 2.39 bits per heavy atom. The predicted molar refractivity (Wildman–Crippen MR) is 83.7 cm³/mol. The number of carbonyl (C=O) groups is 1. The molecule has 0 bridgehead atoms. The molecule has 1 aliphatic rings. The van der Waals surface area contributed by atoms with Gasteiger partial charge >= 0.3 is 5.69 Å². The molecule has 0 aliphatic carbocycles. The van der Waals surface area contributed by atoms with Gasteiger partial charge in [-0.25, -0.2) is 4.98 Å². The van der Waals surface area contributed by atoms with Crippen LogP contribution in [0, 0.1) is 21.4 Å². The highest BCUT2D eigenvalue weighted by molar-refractivity contribution is 5.77. The average Bonchev–Trinajstić information content (AvgIpc) is 2.54. The minimum absolute atomic E-state index is 0.0218. The summed E-state index contributed by atoms with van der Waals surface area (Å²) in [5.74, 6) is 0.0531. The summed E-state index contributed by atoms with van der Waals surface area (Å²) in [6.07, 6.45) is 4.74. The second-order valence-corrected chi connectivity index (χ2v) is 5.53. The van der Waals surface area contributed by atoms with Crippen molar-refractivity contribution >= 4 is 17.4 Å². The van der Waals surface area contributed by atoms with Crippen LogP contribution in [0.25, 0.3) is 0 Å². The Balaban J connectivity index is 1.98. The van der Waals surface area contributed by atoms with Crippen LogP contribution in [0.5, 0.6) is 0 Å². The van der Waals surface area contributed by atoms with Gasteiger partial charge in [0.2, 0.25) is 11.7 Å². The maximum Gasteiger partial charge on any atom is 0.328 e. The molecule has 122 valence electrons. The van der Waals surface area contributed by atoms with E-state index in [4.69, 9.17) is 5.26 Å². The summed E-state index contributed by atoms with van der Waals surface area (Å²) in [7, 11) is 0. The Morgan fingerprint density at radius 1 is 1.61 bits per heavy atom. The summed E-state index contributed by atoms with van der Waals surface area (Å²) in [6.45, 7) is 3.04. The zero-order chi connectivity index (χ0) is 16.8. The molecule has 1 saturated heterocycles. The Kier molecular flexibility index (Phi) is 5.46. The van der Waals surface area contributed by atoms with Crippen molar-refractivity contribution in [2.75, 3.05) is 18.4 Å². The van der Waals surface area contributed by atoms with Gasteiger partial charge in [-0.15, -0.1) is 0 Å². The number of anilines is 1. The standard InChI is InChI=1S/C15H19N5O3/c1-11-4-2-3-9-19(11)13(21)6-8-18-15-14(20(22)23)12(10-16)5-7-17-15/h5,7,11H,2-4,6,8-9H2,1H3,(H,17,18). The number of amides is 1. The number of likely N-dealkylation sites (tertiary alicyclic amines) is 1. The van der Waals surface area contributed by atoms with Gasteiger partial charge in [-0.05, 0) is 32.3 Å². The van der Waals surface area contributed by atoms with Crippen molar-refractivity contribution in [3.8, 4) is 6.07 Å². The van der Waals surface area contributed by atoms with Gasteiger partial charge in [0, 0.05) is 31.7 Å².